The van der Waals surface area contributed by atoms with Crippen LogP contribution < -0.4 is 5.32 Å². The first kappa shape index (κ1) is 7.35. The Hall–Kier alpha value is -1.31. The lowest BCUT2D eigenvalue weighted by Gasteiger charge is -2.17. The van der Waals surface area contributed by atoms with Gasteiger partial charge in [-0.05, 0) is 30.5 Å². The van der Waals surface area contributed by atoms with Crippen LogP contribution in [0.5, 0.6) is 0 Å². The molecule has 0 fully saturated rings. The minimum atomic E-state index is 0.947. The van der Waals surface area contributed by atoms with Crippen LogP contribution in [0, 0.1) is 0 Å². The highest BCUT2D eigenvalue weighted by atomic mass is 14.9. The van der Waals surface area contributed by atoms with E-state index in [2.05, 4.69) is 22.9 Å². The highest BCUT2D eigenvalue weighted by Crippen LogP contribution is 2.21. The van der Waals surface area contributed by atoms with E-state index in [0.29, 0.717) is 0 Å². The molecule has 62 valence electrons. The molecule has 1 aliphatic heterocycles. The lowest BCUT2D eigenvalue weighted by Crippen LogP contribution is -2.12. The minimum absolute atomic E-state index is 0.947. The summed E-state index contributed by atoms with van der Waals surface area (Å²) >= 11 is 0. The van der Waals surface area contributed by atoms with E-state index in [4.69, 9.17) is 0 Å². The zero-order valence-corrected chi connectivity index (χ0v) is 7.01. The second kappa shape index (κ2) is 2.97. The van der Waals surface area contributed by atoms with Crippen LogP contribution in [0.25, 0.3) is 6.08 Å². The smallest absolute Gasteiger partial charge is 0.0644 e. The van der Waals surface area contributed by atoms with Crippen LogP contribution in [0.15, 0.2) is 18.8 Å². The van der Waals surface area contributed by atoms with Crippen molar-refractivity contribution in [2.45, 2.75) is 12.8 Å². The SMILES string of the molecule is C=Cc1cc2c(cn1)CCCN2. The predicted molar refractivity (Wildman–Crippen MR) is 51.1 cm³/mol. The van der Waals surface area contributed by atoms with E-state index >= 15 is 0 Å². The van der Waals surface area contributed by atoms with Crippen LogP contribution in [0.3, 0.4) is 0 Å². The number of aryl methyl sites for hydroxylation is 1. The molecule has 0 saturated carbocycles. The van der Waals surface area contributed by atoms with Gasteiger partial charge in [-0.25, -0.2) is 0 Å². The Morgan fingerprint density at radius 3 is 3.33 bits per heavy atom. The Labute approximate surface area is 72.3 Å². The Bertz CT molecular complexity index is 305. The van der Waals surface area contributed by atoms with Gasteiger partial charge in [-0.3, -0.25) is 4.98 Å². The third-order valence-corrected chi connectivity index (χ3v) is 2.16. The van der Waals surface area contributed by atoms with Gasteiger partial charge in [0.25, 0.3) is 0 Å². The first-order chi connectivity index (χ1) is 5.90. The van der Waals surface area contributed by atoms with E-state index in [1.165, 1.54) is 17.7 Å². The maximum atomic E-state index is 4.25. The topological polar surface area (TPSA) is 24.9 Å². The number of hydrogen-bond acceptors (Lipinski definition) is 2. The molecule has 0 bridgehead atoms. The molecule has 1 aromatic heterocycles. The van der Waals surface area contributed by atoms with Gasteiger partial charge in [-0.2, -0.15) is 0 Å². The van der Waals surface area contributed by atoms with Crippen LogP contribution in [0.1, 0.15) is 17.7 Å². The second-order valence-electron chi connectivity index (χ2n) is 3.00. The highest BCUT2D eigenvalue weighted by Gasteiger charge is 2.07. The molecule has 0 aromatic carbocycles. The summed E-state index contributed by atoms with van der Waals surface area (Å²) in [5, 5.41) is 3.35. The van der Waals surface area contributed by atoms with Crippen molar-refractivity contribution in [2.24, 2.45) is 0 Å². The number of hydrogen-bond donors (Lipinski definition) is 1. The summed E-state index contributed by atoms with van der Waals surface area (Å²) in [6.07, 6.45) is 6.07. The summed E-state index contributed by atoms with van der Waals surface area (Å²) in [6.45, 7) is 4.77. The van der Waals surface area contributed by atoms with Crippen molar-refractivity contribution >= 4 is 11.8 Å². The van der Waals surface area contributed by atoms with E-state index in [0.717, 1.165) is 18.7 Å². The monoisotopic (exact) mass is 160 g/mol. The Morgan fingerprint density at radius 1 is 1.58 bits per heavy atom. The number of nitrogens with one attached hydrogen (secondary N) is 1. The van der Waals surface area contributed by atoms with Gasteiger partial charge in [-0.15, -0.1) is 0 Å². The Kier molecular flexibility index (Phi) is 1.82. The van der Waals surface area contributed by atoms with Gasteiger partial charge in [-0.1, -0.05) is 6.58 Å². The molecule has 1 N–H and O–H groups in total. The van der Waals surface area contributed by atoms with Crippen LogP contribution >= 0.6 is 0 Å². The van der Waals surface area contributed by atoms with Crippen LogP contribution in [0.2, 0.25) is 0 Å². The molecule has 2 heterocycles. The number of pyridine rings is 1. The van der Waals surface area contributed by atoms with Crippen molar-refractivity contribution in [3.8, 4) is 0 Å². The van der Waals surface area contributed by atoms with Gasteiger partial charge in [0.1, 0.15) is 0 Å². The molecule has 0 aliphatic carbocycles. The van der Waals surface area contributed by atoms with Crippen molar-refractivity contribution in [1.82, 2.24) is 4.98 Å². The van der Waals surface area contributed by atoms with E-state index in [1.807, 2.05) is 6.20 Å². The molecule has 0 radical (unpaired) electrons. The zero-order chi connectivity index (χ0) is 8.39. The van der Waals surface area contributed by atoms with Crippen LogP contribution in [-0.4, -0.2) is 11.5 Å². The fourth-order valence-corrected chi connectivity index (χ4v) is 1.48. The third-order valence-electron chi connectivity index (χ3n) is 2.16. The lowest BCUT2D eigenvalue weighted by molar-refractivity contribution is 0.824. The fraction of sp³-hybridized carbons (Fsp3) is 0.300. The molecule has 2 rings (SSSR count). The summed E-state index contributed by atoms with van der Waals surface area (Å²) in [6, 6.07) is 2.06. The van der Waals surface area contributed by atoms with E-state index < -0.39 is 0 Å². The standard InChI is InChI=1S/C10H12N2/c1-2-9-6-10-8(7-12-9)4-3-5-11-10/h2,6-7,11H,1,3-5H2. The van der Waals surface area contributed by atoms with E-state index in [1.54, 1.807) is 6.08 Å². The molecule has 0 spiro atoms. The van der Waals surface area contributed by atoms with Gasteiger partial charge in [0.2, 0.25) is 0 Å². The minimum Gasteiger partial charge on any atom is -0.385 e. The van der Waals surface area contributed by atoms with Crippen molar-refractivity contribution in [3.05, 3.63) is 30.1 Å². The summed E-state index contributed by atoms with van der Waals surface area (Å²) < 4.78 is 0. The number of nitrogens with zero attached hydrogens (tertiary/aromatic N) is 1. The molecular weight excluding hydrogens is 148 g/mol. The van der Waals surface area contributed by atoms with Gasteiger partial charge in [0.05, 0.1) is 5.69 Å². The maximum Gasteiger partial charge on any atom is 0.0644 e. The molecule has 0 amide bonds. The van der Waals surface area contributed by atoms with Gasteiger partial charge >= 0.3 is 0 Å². The van der Waals surface area contributed by atoms with Crippen LogP contribution in [-0.2, 0) is 6.42 Å². The quantitative estimate of drug-likeness (QED) is 0.680. The summed E-state index contributed by atoms with van der Waals surface area (Å²) in [7, 11) is 0. The zero-order valence-electron chi connectivity index (χ0n) is 7.01. The number of rotatable bonds is 1. The van der Waals surface area contributed by atoms with Crippen molar-refractivity contribution < 1.29 is 0 Å². The van der Waals surface area contributed by atoms with Crippen LogP contribution in [0.4, 0.5) is 5.69 Å². The molecule has 0 unspecified atom stereocenters. The normalized spacial score (nSPS) is 14.7. The van der Waals surface area contributed by atoms with Crippen molar-refractivity contribution in [3.63, 3.8) is 0 Å². The first-order valence-corrected chi connectivity index (χ1v) is 4.25. The molecule has 1 aromatic rings. The third kappa shape index (κ3) is 1.20. The molecule has 2 heteroatoms. The van der Waals surface area contributed by atoms with E-state index in [-0.39, 0.29) is 0 Å². The first-order valence-electron chi connectivity index (χ1n) is 4.25. The number of anilines is 1. The Balaban J connectivity index is 2.42. The molecular formula is C10H12N2. The second-order valence-corrected chi connectivity index (χ2v) is 3.00. The molecule has 2 nitrogen and oxygen atoms in total. The average Bonchev–Trinajstić information content (AvgIpc) is 2.17. The maximum absolute atomic E-state index is 4.25. The molecule has 0 saturated heterocycles. The fourth-order valence-electron chi connectivity index (χ4n) is 1.48. The Morgan fingerprint density at radius 2 is 2.50 bits per heavy atom. The largest absolute Gasteiger partial charge is 0.385 e. The number of fused-ring (bicyclic) bond motifs is 1. The number of aromatic nitrogens is 1. The predicted octanol–water partition coefficient (Wildman–Crippen LogP) is 2.08. The van der Waals surface area contributed by atoms with Gasteiger partial charge in [0.15, 0.2) is 0 Å². The average molecular weight is 160 g/mol. The molecule has 0 atom stereocenters. The summed E-state index contributed by atoms with van der Waals surface area (Å²) in [5.74, 6) is 0. The summed E-state index contributed by atoms with van der Waals surface area (Å²) in [4.78, 5) is 4.25. The highest BCUT2D eigenvalue weighted by molar-refractivity contribution is 5.57. The van der Waals surface area contributed by atoms with Crippen molar-refractivity contribution in [1.29, 1.82) is 0 Å². The van der Waals surface area contributed by atoms with E-state index in [9.17, 15) is 0 Å². The van der Waals surface area contributed by atoms with Crippen molar-refractivity contribution in [2.75, 3.05) is 11.9 Å². The lowest BCUT2D eigenvalue weighted by atomic mass is 10.1. The molecule has 12 heavy (non-hydrogen) atoms. The molecule has 1 aliphatic rings. The van der Waals surface area contributed by atoms with Gasteiger partial charge < -0.3 is 5.32 Å². The summed E-state index contributed by atoms with van der Waals surface area (Å²) in [5.41, 5.74) is 3.50. The van der Waals surface area contributed by atoms with Gasteiger partial charge in [0, 0.05) is 18.4 Å².